The van der Waals surface area contributed by atoms with E-state index in [4.69, 9.17) is 0 Å². The van der Waals surface area contributed by atoms with Crippen LogP contribution in [-0.2, 0) is 4.79 Å². The van der Waals surface area contributed by atoms with E-state index in [9.17, 15) is 14.0 Å². The highest BCUT2D eigenvalue weighted by atomic mass is 19.1. The third-order valence-electron chi connectivity index (χ3n) is 3.69. The van der Waals surface area contributed by atoms with Crippen LogP contribution in [-0.4, -0.2) is 36.5 Å². The number of para-hydroxylation sites is 1. The Morgan fingerprint density at radius 3 is 2.50 bits per heavy atom. The number of nitrogens with zero attached hydrogens (tertiary/aromatic N) is 1. The van der Waals surface area contributed by atoms with Crippen LogP contribution in [0.15, 0.2) is 24.3 Å². The molecule has 0 spiro atoms. The fourth-order valence-electron chi connectivity index (χ4n) is 3.01. The van der Waals surface area contributed by atoms with Crippen LogP contribution in [0, 0.1) is 17.7 Å². The number of hydrogen-bond acceptors (Lipinski definition) is 3. The lowest BCUT2D eigenvalue weighted by Crippen LogP contribution is -2.46. The third kappa shape index (κ3) is 4.80. The van der Waals surface area contributed by atoms with Crippen molar-refractivity contribution in [3.05, 3.63) is 30.1 Å². The normalized spacial score (nSPS) is 22.1. The number of rotatable bonds is 3. The number of likely N-dealkylation sites (tertiary alicyclic amines) is 1. The molecule has 1 aliphatic heterocycles. The van der Waals surface area contributed by atoms with Crippen molar-refractivity contribution in [2.45, 2.75) is 20.3 Å². The molecule has 0 unspecified atom stereocenters. The summed E-state index contributed by atoms with van der Waals surface area (Å²) >= 11 is 0. The van der Waals surface area contributed by atoms with Crippen LogP contribution >= 0.6 is 0 Å². The van der Waals surface area contributed by atoms with Gasteiger partial charge in [0.05, 0.1) is 12.2 Å². The number of urea groups is 1. The third-order valence-corrected chi connectivity index (χ3v) is 3.69. The van der Waals surface area contributed by atoms with Crippen LogP contribution < -0.4 is 10.6 Å². The predicted molar refractivity (Wildman–Crippen MR) is 82.9 cm³/mol. The molecule has 3 amide bonds. The zero-order valence-corrected chi connectivity index (χ0v) is 12.9. The summed E-state index contributed by atoms with van der Waals surface area (Å²) in [4.78, 5) is 25.7. The quantitative estimate of drug-likeness (QED) is 0.901. The van der Waals surface area contributed by atoms with Crippen LogP contribution in [0.1, 0.15) is 20.3 Å². The molecule has 5 nitrogen and oxygen atoms in total. The Morgan fingerprint density at radius 1 is 1.23 bits per heavy atom. The number of nitrogens with one attached hydrogen (secondary N) is 2. The van der Waals surface area contributed by atoms with Crippen LogP contribution in [0.3, 0.4) is 0 Å². The second-order valence-electron chi connectivity index (χ2n) is 6.12. The molecule has 1 aliphatic rings. The minimum absolute atomic E-state index is 0.0491. The predicted octanol–water partition coefficient (Wildman–Crippen LogP) is 2.45. The lowest BCUT2D eigenvalue weighted by atomic mass is 9.92. The Hall–Kier alpha value is -1.95. The summed E-state index contributed by atoms with van der Waals surface area (Å²) in [6, 6.07) is 5.11. The molecule has 22 heavy (non-hydrogen) atoms. The Morgan fingerprint density at radius 2 is 1.86 bits per heavy atom. The lowest BCUT2D eigenvalue weighted by molar-refractivity contribution is -0.121. The number of piperidine rings is 1. The van der Waals surface area contributed by atoms with E-state index in [0.29, 0.717) is 11.8 Å². The highest BCUT2D eigenvalue weighted by Crippen LogP contribution is 2.20. The number of imide groups is 1. The number of carbonyl (C=O) groups excluding carboxylic acids is 2. The summed E-state index contributed by atoms with van der Waals surface area (Å²) in [6.45, 7) is 6.20. The van der Waals surface area contributed by atoms with E-state index in [0.717, 1.165) is 19.5 Å². The highest BCUT2D eigenvalue weighted by Gasteiger charge is 2.23. The molecule has 0 aliphatic carbocycles. The van der Waals surface area contributed by atoms with Gasteiger partial charge in [-0.05, 0) is 30.4 Å². The summed E-state index contributed by atoms with van der Waals surface area (Å²) in [7, 11) is 0. The van der Waals surface area contributed by atoms with Crippen molar-refractivity contribution in [3.8, 4) is 0 Å². The first-order chi connectivity index (χ1) is 10.4. The summed E-state index contributed by atoms with van der Waals surface area (Å²) in [5, 5.41) is 4.57. The molecule has 0 bridgehead atoms. The van der Waals surface area contributed by atoms with E-state index in [1.165, 1.54) is 18.2 Å². The Bertz CT molecular complexity index is 540. The van der Waals surface area contributed by atoms with Crippen LogP contribution in [0.4, 0.5) is 14.9 Å². The van der Waals surface area contributed by atoms with Gasteiger partial charge in [0.15, 0.2) is 0 Å². The summed E-state index contributed by atoms with van der Waals surface area (Å²) in [6.07, 6.45) is 1.16. The SMILES string of the molecule is C[C@@H]1C[C@@H](C)CN(CC(=O)NC(=O)Nc2ccccc2F)C1. The van der Waals surface area contributed by atoms with Gasteiger partial charge in [0, 0.05) is 13.1 Å². The van der Waals surface area contributed by atoms with Crippen molar-refractivity contribution < 1.29 is 14.0 Å². The molecule has 2 rings (SSSR count). The molecule has 0 radical (unpaired) electrons. The molecule has 1 aromatic rings. The molecular weight excluding hydrogens is 285 g/mol. The number of hydrogen-bond donors (Lipinski definition) is 2. The first kappa shape index (κ1) is 16.4. The van der Waals surface area contributed by atoms with Gasteiger partial charge in [-0.1, -0.05) is 26.0 Å². The van der Waals surface area contributed by atoms with E-state index >= 15 is 0 Å². The fourth-order valence-corrected chi connectivity index (χ4v) is 3.01. The molecule has 1 saturated heterocycles. The molecule has 0 aromatic heterocycles. The van der Waals surface area contributed by atoms with Gasteiger partial charge in [0.2, 0.25) is 5.91 Å². The van der Waals surface area contributed by atoms with Crippen molar-refractivity contribution in [2.24, 2.45) is 11.8 Å². The number of carbonyl (C=O) groups is 2. The van der Waals surface area contributed by atoms with E-state index in [-0.39, 0.29) is 18.1 Å². The first-order valence-corrected chi connectivity index (χ1v) is 7.51. The summed E-state index contributed by atoms with van der Waals surface area (Å²) in [5.41, 5.74) is 0.0491. The van der Waals surface area contributed by atoms with Gasteiger partial charge in [-0.3, -0.25) is 15.0 Å². The molecular formula is C16H22FN3O2. The van der Waals surface area contributed by atoms with Gasteiger partial charge in [-0.2, -0.15) is 0 Å². The van der Waals surface area contributed by atoms with E-state index < -0.39 is 11.8 Å². The average molecular weight is 307 g/mol. The Kier molecular flexibility index (Phi) is 5.49. The van der Waals surface area contributed by atoms with Gasteiger partial charge in [-0.15, -0.1) is 0 Å². The largest absolute Gasteiger partial charge is 0.326 e. The average Bonchev–Trinajstić information content (AvgIpc) is 2.39. The lowest BCUT2D eigenvalue weighted by Gasteiger charge is -2.34. The van der Waals surface area contributed by atoms with Gasteiger partial charge in [-0.25, -0.2) is 9.18 Å². The first-order valence-electron chi connectivity index (χ1n) is 7.51. The van der Waals surface area contributed by atoms with Crippen molar-refractivity contribution in [3.63, 3.8) is 0 Å². The number of anilines is 1. The van der Waals surface area contributed by atoms with Crippen molar-refractivity contribution in [1.29, 1.82) is 0 Å². The minimum Gasteiger partial charge on any atom is -0.305 e. The maximum absolute atomic E-state index is 13.4. The maximum atomic E-state index is 13.4. The fraction of sp³-hybridized carbons (Fsp3) is 0.500. The van der Waals surface area contributed by atoms with E-state index in [1.54, 1.807) is 6.07 Å². The maximum Gasteiger partial charge on any atom is 0.326 e. The van der Waals surface area contributed by atoms with E-state index in [2.05, 4.69) is 24.5 Å². The highest BCUT2D eigenvalue weighted by molar-refractivity contribution is 6.01. The number of benzene rings is 1. The molecule has 2 N–H and O–H groups in total. The molecule has 2 atom stereocenters. The Balaban J connectivity index is 1.81. The van der Waals surface area contributed by atoms with Gasteiger partial charge >= 0.3 is 6.03 Å². The summed E-state index contributed by atoms with van der Waals surface area (Å²) in [5.74, 6) is 0.173. The minimum atomic E-state index is -0.715. The zero-order valence-electron chi connectivity index (χ0n) is 12.9. The van der Waals surface area contributed by atoms with Crippen LogP contribution in [0.25, 0.3) is 0 Å². The van der Waals surface area contributed by atoms with Crippen molar-refractivity contribution >= 4 is 17.6 Å². The second kappa shape index (κ2) is 7.35. The molecule has 1 fully saturated rings. The molecule has 0 saturated carbocycles. The van der Waals surface area contributed by atoms with Crippen LogP contribution in [0.2, 0.25) is 0 Å². The Labute approximate surface area is 129 Å². The van der Waals surface area contributed by atoms with Gasteiger partial charge in [0.25, 0.3) is 0 Å². The topological polar surface area (TPSA) is 61.4 Å². The molecule has 1 heterocycles. The van der Waals surface area contributed by atoms with E-state index in [1.807, 2.05) is 4.90 Å². The zero-order chi connectivity index (χ0) is 16.1. The molecule has 1 aromatic carbocycles. The number of amides is 3. The molecule has 6 heteroatoms. The number of halogens is 1. The van der Waals surface area contributed by atoms with Crippen molar-refractivity contribution in [1.82, 2.24) is 10.2 Å². The monoisotopic (exact) mass is 307 g/mol. The van der Waals surface area contributed by atoms with Gasteiger partial charge in [0.1, 0.15) is 5.82 Å². The standard InChI is InChI=1S/C16H22FN3O2/c1-11-7-12(2)9-20(8-11)10-15(21)19-16(22)18-14-6-4-3-5-13(14)17/h3-6,11-12H,7-10H2,1-2H3,(H2,18,19,21,22)/t11-,12-/m1/s1. The van der Waals surface area contributed by atoms with Crippen molar-refractivity contribution in [2.75, 3.05) is 25.0 Å². The smallest absolute Gasteiger partial charge is 0.305 e. The molecule has 120 valence electrons. The second-order valence-corrected chi connectivity index (χ2v) is 6.12. The van der Waals surface area contributed by atoms with Gasteiger partial charge < -0.3 is 5.32 Å². The van der Waals surface area contributed by atoms with Crippen LogP contribution in [0.5, 0.6) is 0 Å². The summed E-state index contributed by atoms with van der Waals surface area (Å²) < 4.78 is 13.4.